The van der Waals surface area contributed by atoms with Crippen LogP contribution in [0.1, 0.15) is 17.0 Å². The molecule has 0 heterocycles. The van der Waals surface area contributed by atoms with Crippen molar-refractivity contribution in [2.75, 3.05) is 15.5 Å². The van der Waals surface area contributed by atoms with Crippen LogP contribution >= 0.6 is 0 Å². The molecule has 0 saturated heterocycles. The molecule has 0 bridgehead atoms. The third kappa shape index (κ3) is 5.69. The fraction of sp³-hybridized carbons (Fsp3) is 0.0417. The first-order valence-corrected chi connectivity index (χ1v) is 17.6. The number of nitrogens with one attached hydrogen (secondary N) is 2. The highest BCUT2D eigenvalue weighted by atomic mass is 15.2. The summed E-state index contributed by atoms with van der Waals surface area (Å²) in [5.74, 6) is 0.147. The van der Waals surface area contributed by atoms with Crippen LogP contribution in [0.4, 0.5) is 34.1 Å². The van der Waals surface area contributed by atoms with Crippen LogP contribution in [0.25, 0.3) is 22.3 Å². The van der Waals surface area contributed by atoms with Gasteiger partial charge >= 0.3 is 0 Å². The van der Waals surface area contributed by atoms with E-state index in [0.717, 1.165) is 28.4 Å². The number of benzene rings is 7. The molecule has 244 valence electrons. The first-order valence-electron chi connectivity index (χ1n) is 17.6. The van der Waals surface area contributed by atoms with Crippen LogP contribution in [-0.2, 0) is 5.54 Å². The summed E-state index contributed by atoms with van der Waals surface area (Å²) in [7, 11) is 0. The van der Waals surface area contributed by atoms with Gasteiger partial charge in [0.25, 0.3) is 0 Å². The number of nitrogens with zero attached hydrogens (tertiary/aromatic N) is 1. The quantitative estimate of drug-likeness (QED) is 0.162. The minimum absolute atomic E-state index is 0.147. The number of fused-ring (bicyclic) bond motifs is 4. The summed E-state index contributed by atoms with van der Waals surface area (Å²) in [6.07, 6.45) is 9.04. The lowest BCUT2D eigenvalue weighted by molar-refractivity contribution is 0.467. The maximum Gasteiger partial charge on any atom is 0.0921 e. The lowest BCUT2D eigenvalue weighted by Crippen LogP contribution is -2.49. The van der Waals surface area contributed by atoms with Gasteiger partial charge in [-0.3, -0.25) is 0 Å². The van der Waals surface area contributed by atoms with Crippen molar-refractivity contribution in [3.8, 4) is 22.3 Å². The van der Waals surface area contributed by atoms with E-state index in [1.54, 1.807) is 0 Å². The molecule has 2 N–H and O–H groups in total. The fourth-order valence-corrected chi connectivity index (χ4v) is 7.66. The summed E-state index contributed by atoms with van der Waals surface area (Å²) >= 11 is 0. The zero-order chi connectivity index (χ0) is 34.0. The van der Waals surface area contributed by atoms with E-state index in [4.69, 9.17) is 0 Å². The van der Waals surface area contributed by atoms with Gasteiger partial charge in [0.05, 0.1) is 11.2 Å². The summed E-state index contributed by atoms with van der Waals surface area (Å²) in [5, 5.41) is 7.53. The van der Waals surface area contributed by atoms with E-state index >= 15 is 0 Å². The normalized spacial score (nSPS) is 16.7. The van der Waals surface area contributed by atoms with Crippen LogP contribution in [0.15, 0.2) is 206 Å². The highest BCUT2D eigenvalue weighted by Crippen LogP contribution is 2.59. The lowest BCUT2D eigenvalue weighted by Gasteiger charge is -2.52. The number of para-hydroxylation sites is 1. The predicted octanol–water partition coefficient (Wildman–Crippen LogP) is 12.8. The maximum absolute atomic E-state index is 3.98. The van der Waals surface area contributed by atoms with E-state index in [-0.39, 0.29) is 11.5 Å². The second-order valence-corrected chi connectivity index (χ2v) is 13.2. The predicted molar refractivity (Wildman–Crippen MR) is 214 cm³/mol. The fourth-order valence-electron chi connectivity index (χ4n) is 7.66. The Morgan fingerprint density at radius 2 is 0.980 bits per heavy atom. The molecule has 2 atom stereocenters. The zero-order valence-corrected chi connectivity index (χ0v) is 28.2. The van der Waals surface area contributed by atoms with Crippen LogP contribution in [0.3, 0.4) is 0 Å². The van der Waals surface area contributed by atoms with Crippen molar-refractivity contribution >= 4 is 34.1 Å². The van der Waals surface area contributed by atoms with Crippen molar-refractivity contribution in [2.24, 2.45) is 0 Å². The van der Waals surface area contributed by atoms with Crippen molar-refractivity contribution < 1.29 is 0 Å². The Kier molecular flexibility index (Phi) is 7.79. The maximum atomic E-state index is 3.98. The molecule has 0 amide bonds. The van der Waals surface area contributed by atoms with E-state index in [0.29, 0.717) is 0 Å². The molecular weight excluding hydrogens is 619 g/mol. The van der Waals surface area contributed by atoms with Crippen molar-refractivity contribution in [2.45, 2.75) is 11.5 Å². The number of allylic oxidation sites excluding steroid dienone is 2. The Hall–Kier alpha value is -6.58. The first kappa shape index (κ1) is 30.5. The zero-order valence-electron chi connectivity index (χ0n) is 28.2. The van der Waals surface area contributed by atoms with Gasteiger partial charge in [0, 0.05) is 34.4 Å². The van der Waals surface area contributed by atoms with Gasteiger partial charge in [-0.05, 0) is 94.0 Å². The molecule has 0 saturated carbocycles. The number of rotatable bonds is 9. The highest BCUT2D eigenvalue weighted by Gasteiger charge is 2.51. The largest absolute Gasteiger partial charge is 0.371 e. The molecule has 3 heteroatoms. The van der Waals surface area contributed by atoms with Crippen LogP contribution in [0.5, 0.6) is 0 Å². The van der Waals surface area contributed by atoms with Crippen LogP contribution in [-0.4, -0.2) is 0 Å². The topological polar surface area (TPSA) is 27.3 Å². The monoisotopic (exact) mass is 655 g/mol. The molecule has 2 aliphatic carbocycles. The molecule has 0 spiro atoms. The molecule has 51 heavy (non-hydrogen) atoms. The molecule has 3 nitrogen and oxygen atoms in total. The number of hydrogen-bond donors (Lipinski definition) is 2. The Morgan fingerprint density at radius 1 is 0.451 bits per heavy atom. The van der Waals surface area contributed by atoms with E-state index in [1.165, 1.54) is 39.1 Å². The average Bonchev–Trinajstić information content (AvgIpc) is 3.19. The molecule has 0 fully saturated rings. The van der Waals surface area contributed by atoms with E-state index < -0.39 is 0 Å². The van der Waals surface area contributed by atoms with Crippen LogP contribution in [0.2, 0.25) is 0 Å². The van der Waals surface area contributed by atoms with Crippen LogP contribution < -0.4 is 15.5 Å². The first-order chi connectivity index (χ1) is 25.2. The standard InChI is InChI=1S/C48H37N3/c1-4-14-35(15-5-1)37-25-29-42(30-26-37)51(43-31-27-38(28-32-43)36-16-6-2-7-17-36)46-24-13-23-45-47(46)44-22-10-11-33-48(44,45)50-41-21-12-20-40(34-41)49-39-18-8-3-9-19-39/h1-34,44,49-50H. The Balaban J connectivity index is 1.11. The van der Waals surface area contributed by atoms with E-state index in [2.05, 4.69) is 216 Å². The van der Waals surface area contributed by atoms with Crippen molar-refractivity contribution in [3.05, 3.63) is 217 Å². The highest BCUT2D eigenvalue weighted by molar-refractivity contribution is 5.85. The Morgan fingerprint density at radius 3 is 1.61 bits per heavy atom. The molecule has 7 aromatic carbocycles. The molecule has 2 unspecified atom stereocenters. The van der Waals surface area contributed by atoms with Gasteiger partial charge < -0.3 is 15.5 Å². The molecule has 0 aromatic heterocycles. The van der Waals surface area contributed by atoms with Gasteiger partial charge in [-0.25, -0.2) is 0 Å². The second kappa shape index (κ2) is 13.0. The minimum Gasteiger partial charge on any atom is -0.371 e. The molecular formula is C48H37N3. The molecule has 9 rings (SSSR count). The Labute approximate surface area is 299 Å². The second-order valence-electron chi connectivity index (χ2n) is 13.2. The smallest absolute Gasteiger partial charge is 0.0921 e. The van der Waals surface area contributed by atoms with Gasteiger partial charge in [-0.15, -0.1) is 0 Å². The SMILES string of the molecule is C1=CC2c3c(N(c4ccc(-c5ccccc5)cc4)c4ccc(-c5ccccc5)cc4)cccc3C2(Nc2cccc(Nc3ccccc3)c2)C=C1. The van der Waals surface area contributed by atoms with Crippen molar-refractivity contribution in [1.82, 2.24) is 0 Å². The van der Waals surface area contributed by atoms with E-state index in [1.807, 2.05) is 6.07 Å². The number of anilines is 6. The van der Waals surface area contributed by atoms with Crippen LogP contribution in [0, 0.1) is 0 Å². The summed E-state index contributed by atoms with van der Waals surface area (Å²) in [6, 6.07) is 64.7. The van der Waals surface area contributed by atoms with Gasteiger partial charge in [0.15, 0.2) is 0 Å². The summed E-state index contributed by atoms with van der Waals surface area (Å²) in [5.41, 5.74) is 13.7. The van der Waals surface area contributed by atoms with Crippen molar-refractivity contribution in [1.29, 1.82) is 0 Å². The van der Waals surface area contributed by atoms with Gasteiger partial charge in [0.1, 0.15) is 0 Å². The van der Waals surface area contributed by atoms with E-state index in [9.17, 15) is 0 Å². The molecule has 2 aliphatic rings. The molecule has 7 aromatic rings. The van der Waals surface area contributed by atoms with Gasteiger partial charge in [-0.1, -0.05) is 146 Å². The summed E-state index contributed by atoms with van der Waals surface area (Å²) in [6.45, 7) is 0. The molecule has 0 aliphatic heterocycles. The lowest BCUT2D eigenvalue weighted by atomic mass is 9.59. The third-order valence-corrected chi connectivity index (χ3v) is 10.1. The molecule has 0 radical (unpaired) electrons. The van der Waals surface area contributed by atoms with Gasteiger partial charge in [0.2, 0.25) is 0 Å². The summed E-state index contributed by atoms with van der Waals surface area (Å²) < 4.78 is 0. The number of hydrogen-bond acceptors (Lipinski definition) is 3. The average molecular weight is 656 g/mol. The minimum atomic E-state index is -0.356. The Bertz CT molecular complexity index is 2260. The summed E-state index contributed by atoms with van der Waals surface area (Å²) in [4.78, 5) is 2.42. The van der Waals surface area contributed by atoms with Crippen molar-refractivity contribution in [3.63, 3.8) is 0 Å². The van der Waals surface area contributed by atoms with Gasteiger partial charge in [-0.2, -0.15) is 0 Å². The third-order valence-electron chi connectivity index (χ3n) is 10.1.